The van der Waals surface area contributed by atoms with Crippen LogP contribution >= 0.6 is 0 Å². The summed E-state index contributed by atoms with van der Waals surface area (Å²) >= 11 is 0. The Bertz CT molecular complexity index is 292. The summed E-state index contributed by atoms with van der Waals surface area (Å²) in [4.78, 5) is 1.99. The molecule has 0 amide bonds. The van der Waals surface area contributed by atoms with E-state index in [9.17, 15) is 13.1 Å². The van der Waals surface area contributed by atoms with Crippen molar-refractivity contribution in [3.63, 3.8) is 0 Å². The van der Waals surface area contributed by atoms with Crippen molar-refractivity contribution in [2.75, 3.05) is 32.4 Å². The minimum atomic E-state index is -3.33. The molecule has 0 spiro atoms. The van der Waals surface area contributed by atoms with Gasteiger partial charge in [0.2, 0.25) is 0 Å². The average Bonchev–Trinajstić information content (AvgIpc) is 2.49. The molecular weight excluding hydrogens is 205 g/mol. The molecule has 1 aliphatic rings. The molecule has 80 valence electrons. The van der Waals surface area contributed by atoms with Crippen molar-refractivity contribution in [3.8, 4) is 0 Å². The van der Waals surface area contributed by atoms with Crippen molar-refractivity contribution < 1.29 is 17.3 Å². The topological polar surface area (TPSA) is 63.7 Å². The molecule has 0 N–H and O–H groups in total. The molecule has 14 heavy (non-hydrogen) atoms. The summed E-state index contributed by atoms with van der Waals surface area (Å²) in [5.41, 5.74) is 0. The molecule has 1 atom stereocenters. The number of rotatable bonds is 5. The number of hydrogen-bond donors (Lipinski definition) is 0. The average molecular weight is 219 g/mol. The van der Waals surface area contributed by atoms with Crippen molar-refractivity contribution in [3.05, 3.63) is 0 Å². The fraction of sp³-hybridized carbons (Fsp3) is 1.00. The van der Waals surface area contributed by atoms with Crippen LogP contribution in [0.3, 0.4) is 0 Å². The quantitative estimate of drug-likeness (QED) is 0.451. The van der Waals surface area contributed by atoms with Crippen LogP contribution < -0.4 is 0 Å². The third kappa shape index (κ3) is 4.30. The Hall–Kier alpha value is -0.265. The Morgan fingerprint density at radius 3 is 2.86 bits per heavy atom. The molecule has 0 aromatic heterocycles. The standard InChI is InChI=1S/C7H14BNO4S/c1-14(11,12)13-5-7-2-3-9(4-7)6-8-10/h7H,2-6H2,1H3. The molecule has 1 fully saturated rings. The molecule has 7 heteroatoms. The fourth-order valence-electron chi connectivity index (χ4n) is 1.54. The van der Waals surface area contributed by atoms with Crippen LogP contribution in [0.5, 0.6) is 0 Å². The van der Waals surface area contributed by atoms with Crippen molar-refractivity contribution in [1.29, 1.82) is 0 Å². The zero-order valence-corrected chi connectivity index (χ0v) is 9.00. The molecule has 1 unspecified atom stereocenters. The Labute approximate surface area is 84.8 Å². The van der Waals surface area contributed by atoms with Gasteiger partial charge in [0, 0.05) is 0 Å². The molecule has 0 aromatic carbocycles. The Morgan fingerprint density at radius 2 is 2.29 bits per heavy atom. The zero-order chi connectivity index (χ0) is 10.6. The van der Waals surface area contributed by atoms with Gasteiger partial charge in [-0.15, -0.1) is 0 Å². The first-order chi connectivity index (χ1) is 6.51. The first kappa shape index (κ1) is 11.8. The summed E-state index contributed by atoms with van der Waals surface area (Å²) in [6, 6.07) is 0. The Balaban J connectivity index is 2.26. The maximum atomic E-state index is 10.7. The summed E-state index contributed by atoms with van der Waals surface area (Å²) in [6.07, 6.45) is 2.36. The van der Waals surface area contributed by atoms with E-state index in [1.54, 1.807) is 0 Å². The van der Waals surface area contributed by atoms with Gasteiger partial charge < -0.3 is 0 Å². The molecule has 1 heterocycles. The third-order valence-corrected chi connectivity index (χ3v) is 2.78. The van der Waals surface area contributed by atoms with Crippen LogP contribution in [0.2, 0.25) is 0 Å². The van der Waals surface area contributed by atoms with E-state index in [0.717, 1.165) is 32.9 Å². The normalized spacial score (nSPS) is 23.6. The molecule has 1 saturated heterocycles. The van der Waals surface area contributed by atoms with Gasteiger partial charge >= 0.3 is 84.2 Å². The van der Waals surface area contributed by atoms with Crippen LogP contribution in [0.25, 0.3) is 0 Å². The second-order valence-corrected chi connectivity index (χ2v) is 5.21. The van der Waals surface area contributed by atoms with Crippen molar-refractivity contribution >= 4 is 17.3 Å². The van der Waals surface area contributed by atoms with E-state index in [0.29, 0.717) is 6.44 Å². The van der Waals surface area contributed by atoms with Crippen LogP contribution in [0, 0.1) is 5.92 Å². The van der Waals surface area contributed by atoms with Crippen LogP contribution in [-0.2, 0) is 19.0 Å². The number of hydrogen-bond acceptors (Lipinski definition) is 5. The van der Waals surface area contributed by atoms with Crippen LogP contribution in [0.1, 0.15) is 6.42 Å². The third-order valence-electron chi connectivity index (χ3n) is 2.22. The van der Waals surface area contributed by atoms with Gasteiger partial charge in [0.05, 0.1) is 0 Å². The van der Waals surface area contributed by atoms with Gasteiger partial charge in [0.1, 0.15) is 0 Å². The van der Waals surface area contributed by atoms with Gasteiger partial charge in [-0.05, 0) is 0 Å². The zero-order valence-electron chi connectivity index (χ0n) is 8.18. The molecule has 0 aromatic rings. The molecule has 0 aliphatic carbocycles. The van der Waals surface area contributed by atoms with Gasteiger partial charge in [-0.1, -0.05) is 0 Å². The van der Waals surface area contributed by atoms with Gasteiger partial charge in [-0.3, -0.25) is 0 Å². The molecular formula is C7H14BNO4S. The van der Waals surface area contributed by atoms with E-state index in [2.05, 4.69) is 0 Å². The molecule has 0 saturated carbocycles. The fourth-order valence-corrected chi connectivity index (χ4v) is 1.98. The SMILES string of the molecule is CS(=O)(=O)OCC1CCN(CB=O)C1. The van der Waals surface area contributed by atoms with Crippen LogP contribution in [-0.4, -0.2) is 52.9 Å². The Morgan fingerprint density at radius 1 is 1.57 bits per heavy atom. The van der Waals surface area contributed by atoms with E-state index in [1.165, 1.54) is 0 Å². The second kappa shape index (κ2) is 5.00. The van der Waals surface area contributed by atoms with Crippen molar-refractivity contribution in [2.45, 2.75) is 6.42 Å². The monoisotopic (exact) mass is 219 g/mol. The van der Waals surface area contributed by atoms with Crippen LogP contribution in [0.15, 0.2) is 0 Å². The second-order valence-electron chi connectivity index (χ2n) is 3.57. The minimum absolute atomic E-state index is 0.227. The number of nitrogens with zero attached hydrogens (tertiary/aromatic N) is 1. The van der Waals surface area contributed by atoms with Crippen molar-refractivity contribution in [2.24, 2.45) is 5.92 Å². The molecule has 0 bridgehead atoms. The predicted molar refractivity (Wildman–Crippen MR) is 51.8 cm³/mol. The van der Waals surface area contributed by atoms with Crippen LogP contribution in [0.4, 0.5) is 0 Å². The van der Waals surface area contributed by atoms with E-state index in [1.807, 2.05) is 4.90 Å². The summed E-state index contributed by atoms with van der Waals surface area (Å²) < 4.78 is 36.3. The van der Waals surface area contributed by atoms with E-state index < -0.39 is 10.1 Å². The van der Waals surface area contributed by atoms with Crippen molar-refractivity contribution in [1.82, 2.24) is 4.90 Å². The van der Waals surface area contributed by atoms with Gasteiger partial charge in [0.15, 0.2) is 0 Å². The maximum absolute atomic E-state index is 10.7. The summed E-state index contributed by atoms with van der Waals surface area (Å²) in [7, 11) is -2.47. The number of likely N-dealkylation sites (tertiary alicyclic amines) is 1. The van der Waals surface area contributed by atoms with Gasteiger partial charge in [0.25, 0.3) is 0 Å². The molecule has 1 rings (SSSR count). The molecule has 1 aliphatic heterocycles. The molecule has 5 nitrogen and oxygen atoms in total. The first-order valence-electron chi connectivity index (χ1n) is 4.51. The Kier molecular flexibility index (Phi) is 4.21. The van der Waals surface area contributed by atoms with E-state index in [4.69, 9.17) is 4.18 Å². The van der Waals surface area contributed by atoms with Gasteiger partial charge in [-0.2, -0.15) is 0 Å². The van der Waals surface area contributed by atoms with E-state index in [-0.39, 0.29) is 12.5 Å². The summed E-state index contributed by atoms with van der Waals surface area (Å²) in [6.45, 7) is 1.82. The summed E-state index contributed by atoms with van der Waals surface area (Å²) in [5.74, 6) is 0.227. The van der Waals surface area contributed by atoms with Gasteiger partial charge in [-0.25, -0.2) is 0 Å². The van der Waals surface area contributed by atoms with E-state index >= 15 is 0 Å². The molecule has 0 radical (unpaired) electrons. The first-order valence-corrected chi connectivity index (χ1v) is 6.33. The summed E-state index contributed by atoms with van der Waals surface area (Å²) in [5, 5.41) is 0. The predicted octanol–water partition coefficient (Wildman–Crippen LogP) is -0.708.